The number of benzene rings is 1. The highest BCUT2D eigenvalue weighted by molar-refractivity contribution is 5.79. The minimum absolute atomic E-state index is 0.0599. The Hall–Kier alpha value is -1.80. The summed E-state index contributed by atoms with van der Waals surface area (Å²) in [5.41, 5.74) is 2.45. The third kappa shape index (κ3) is 10.5. The molecule has 0 aromatic heterocycles. The molecule has 1 fully saturated rings. The van der Waals surface area contributed by atoms with Crippen molar-refractivity contribution >= 4 is 5.96 Å². The lowest BCUT2D eigenvalue weighted by molar-refractivity contribution is -0.173. The van der Waals surface area contributed by atoms with Crippen LogP contribution in [0.15, 0.2) is 29.3 Å². The van der Waals surface area contributed by atoms with Crippen molar-refractivity contribution in [2.24, 2.45) is 4.99 Å². The Balaban J connectivity index is 1.72. The van der Waals surface area contributed by atoms with Gasteiger partial charge in [-0.15, -0.1) is 0 Å². The van der Waals surface area contributed by atoms with E-state index in [2.05, 4.69) is 49.5 Å². The maximum atomic E-state index is 12.0. The molecule has 0 saturated carbocycles. The van der Waals surface area contributed by atoms with Gasteiger partial charge < -0.3 is 15.4 Å². The van der Waals surface area contributed by atoms with Gasteiger partial charge in [-0.3, -0.25) is 4.90 Å². The van der Waals surface area contributed by atoms with Gasteiger partial charge in [-0.25, -0.2) is 4.99 Å². The number of ether oxygens (including phenoxy) is 1. The summed E-state index contributed by atoms with van der Waals surface area (Å²) in [6, 6.07) is 8.55. The Morgan fingerprint density at radius 1 is 1.07 bits per heavy atom. The van der Waals surface area contributed by atoms with Gasteiger partial charge in [0, 0.05) is 26.2 Å². The minimum atomic E-state index is -4.27. The number of rotatable bonds is 10. The standard InChI is InChI=1S/C21H33F3N4O/c1-2-25-20(26-11-6-14-29-17-21(22,23)24)27-15-18-7-9-19(10-8-18)16-28-12-4-3-5-13-28/h7-10H,2-6,11-17H2,1H3,(H2,25,26,27). The van der Waals surface area contributed by atoms with Crippen LogP contribution in [0, 0.1) is 0 Å². The van der Waals surface area contributed by atoms with Crippen molar-refractivity contribution < 1.29 is 17.9 Å². The van der Waals surface area contributed by atoms with Crippen LogP contribution in [0.2, 0.25) is 0 Å². The number of alkyl halides is 3. The Morgan fingerprint density at radius 2 is 1.76 bits per heavy atom. The highest BCUT2D eigenvalue weighted by Gasteiger charge is 2.27. The van der Waals surface area contributed by atoms with Crippen molar-refractivity contribution in [3.05, 3.63) is 35.4 Å². The van der Waals surface area contributed by atoms with Crippen LogP contribution in [0.1, 0.15) is 43.7 Å². The molecule has 2 N–H and O–H groups in total. The largest absolute Gasteiger partial charge is 0.411 e. The van der Waals surface area contributed by atoms with E-state index >= 15 is 0 Å². The maximum absolute atomic E-state index is 12.0. The van der Waals surface area contributed by atoms with E-state index in [0.29, 0.717) is 32.0 Å². The molecule has 0 aliphatic carbocycles. The summed E-state index contributed by atoms with van der Waals surface area (Å²) in [6.45, 7) is 5.96. The molecular weight excluding hydrogens is 381 g/mol. The lowest BCUT2D eigenvalue weighted by Gasteiger charge is -2.26. The summed E-state index contributed by atoms with van der Waals surface area (Å²) in [4.78, 5) is 7.05. The number of nitrogens with one attached hydrogen (secondary N) is 2. The van der Waals surface area contributed by atoms with E-state index < -0.39 is 12.8 Å². The van der Waals surface area contributed by atoms with Gasteiger partial charge in [0.1, 0.15) is 6.61 Å². The number of nitrogens with zero attached hydrogens (tertiary/aromatic N) is 2. The molecule has 0 radical (unpaired) electrons. The zero-order chi connectivity index (χ0) is 21.0. The fraction of sp³-hybridized carbons (Fsp3) is 0.667. The Labute approximate surface area is 171 Å². The molecule has 29 heavy (non-hydrogen) atoms. The zero-order valence-corrected chi connectivity index (χ0v) is 17.2. The SMILES string of the molecule is CCNC(=NCc1ccc(CN2CCCCC2)cc1)NCCCOCC(F)(F)F. The molecule has 8 heteroatoms. The molecule has 1 saturated heterocycles. The quantitative estimate of drug-likeness (QED) is 0.348. The summed E-state index contributed by atoms with van der Waals surface area (Å²) >= 11 is 0. The van der Waals surface area contributed by atoms with Crippen LogP contribution in [0.5, 0.6) is 0 Å². The predicted octanol–water partition coefficient (Wildman–Crippen LogP) is 3.70. The van der Waals surface area contributed by atoms with Gasteiger partial charge in [0.05, 0.1) is 6.54 Å². The van der Waals surface area contributed by atoms with Gasteiger partial charge in [-0.2, -0.15) is 13.2 Å². The van der Waals surface area contributed by atoms with E-state index in [-0.39, 0.29) is 6.61 Å². The summed E-state index contributed by atoms with van der Waals surface area (Å²) in [7, 11) is 0. The Bertz CT molecular complexity index is 599. The van der Waals surface area contributed by atoms with Crippen LogP contribution in [-0.4, -0.2) is 56.4 Å². The minimum Gasteiger partial charge on any atom is -0.372 e. The highest BCUT2D eigenvalue weighted by Crippen LogP contribution is 2.15. The second-order valence-corrected chi connectivity index (χ2v) is 7.30. The first-order chi connectivity index (χ1) is 14.0. The van der Waals surface area contributed by atoms with Crippen LogP contribution in [-0.2, 0) is 17.8 Å². The molecule has 164 valence electrons. The van der Waals surface area contributed by atoms with Crippen molar-refractivity contribution in [2.45, 2.75) is 51.9 Å². The molecule has 0 atom stereocenters. The van der Waals surface area contributed by atoms with Crippen molar-refractivity contribution in [3.8, 4) is 0 Å². The molecule has 0 unspecified atom stereocenters. The molecule has 0 amide bonds. The van der Waals surface area contributed by atoms with Crippen molar-refractivity contribution in [1.29, 1.82) is 0 Å². The third-order valence-corrected chi connectivity index (χ3v) is 4.67. The molecule has 0 spiro atoms. The number of guanidine groups is 1. The predicted molar refractivity (Wildman–Crippen MR) is 110 cm³/mol. The van der Waals surface area contributed by atoms with Crippen LogP contribution in [0.25, 0.3) is 0 Å². The molecule has 1 aromatic rings. The topological polar surface area (TPSA) is 48.9 Å². The van der Waals surface area contributed by atoms with Gasteiger partial charge in [0.2, 0.25) is 0 Å². The van der Waals surface area contributed by atoms with Gasteiger partial charge in [-0.1, -0.05) is 30.7 Å². The highest BCUT2D eigenvalue weighted by atomic mass is 19.4. The fourth-order valence-electron chi connectivity index (χ4n) is 3.21. The molecular formula is C21H33F3N4O. The molecule has 2 rings (SSSR count). The number of aliphatic imine (C=N–C) groups is 1. The van der Waals surface area contributed by atoms with E-state index in [4.69, 9.17) is 0 Å². The van der Waals surface area contributed by atoms with E-state index in [0.717, 1.165) is 12.1 Å². The van der Waals surface area contributed by atoms with Gasteiger partial charge >= 0.3 is 6.18 Å². The normalized spacial score (nSPS) is 16.1. The number of piperidine rings is 1. The first-order valence-corrected chi connectivity index (χ1v) is 10.4. The molecule has 1 aliphatic heterocycles. The number of halogens is 3. The lowest BCUT2D eigenvalue weighted by atomic mass is 10.1. The van der Waals surface area contributed by atoms with Gasteiger partial charge in [-0.05, 0) is 50.4 Å². The lowest BCUT2D eigenvalue weighted by Crippen LogP contribution is -2.38. The fourth-order valence-corrected chi connectivity index (χ4v) is 3.21. The van der Waals surface area contributed by atoms with Crippen LogP contribution in [0.4, 0.5) is 13.2 Å². The first-order valence-electron chi connectivity index (χ1n) is 10.4. The number of hydrogen-bond donors (Lipinski definition) is 2. The smallest absolute Gasteiger partial charge is 0.372 e. The number of likely N-dealkylation sites (tertiary alicyclic amines) is 1. The summed E-state index contributed by atoms with van der Waals surface area (Å²) in [5, 5.41) is 6.27. The average molecular weight is 415 g/mol. The Morgan fingerprint density at radius 3 is 2.41 bits per heavy atom. The van der Waals surface area contributed by atoms with Crippen LogP contribution >= 0.6 is 0 Å². The molecule has 1 aliphatic rings. The van der Waals surface area contributed by atoms with E-state index in [1.54, 1.807) is 0 Å². The summed E-state index contributed by atoms with van der Waals surface area (Å²) in [5.74, 6) is 0.653. The Kier molecular flexibility index (Phi) is 10.3. The van der Waals surface area contributed by atoms with Crippen molar-refractivity contribution in [2.75, 3.05) is 39.4 Å². The monoisotopic (exact) mass is 414 g/mol. The molecule has 5 nitrogen and oxygen atoms in total. The first kappa shape index (κ1) is 23.5. The van der Waals surface area contributed by atoms with E-state index in [9.17, 15) is 13.2 Å². The van der Waals surface area contributed by atoms with Crippen LogP contribution in [0.3, 0.4) is 0 Å². The second-order valence-electron chi connectivity index (χ2n) is 7.30. The molecule has 0 bridgehead atoms. The van der Waals surface area contributed by atoms with Crippen molar-refractivity contribution in [3.63, 3.8) is 0 Å². The third-order valence-electron chi connectivity index (χ3n) is 4.67. The summed E-state index contributed by atoms with van der Waals surface area (Å²) < 4.78 is 40.7. The maximum Gasteiger partial charge on any atom is 0.411 e. The van der Waals surface area contributed by atoms with Crippen molar-refractivity contribution in [1.82, 2.24) is 15.5 Å². The second kappa shape index (κ2) is 12.7. The molecule has 1 aromatic carbocycles. The summed E-state index contributed by atoms with van der Waals surface area (Å²) in [6.07, 6.45) is 0.137. The average Bonchev–Trinajstić information content (AvgIpc) is 2.69. The van der Waals surface area contributed by atoms with Gasteiger partial charge in [0.15, 0.2) is 5.96 Å². The van der Waals surface area contributed by atoms with Crippen LogP contribution < -0.4 is 10.6 Å². The van der Waals surface area contributed by atoms with E-state index in [1.807, 2.05) is 6.92 Å². The van der Waals surface area contributed by atoms with E-state index in [1.165, 1.54) is 37.9 Å². The zero-order valence-electron chi connectivity index (χ0n) is 17.2. The molecule has 1 heterocycles. The van der Waals surface area contributed by atoms with Gasteiger partial charge in [0.25, 0.3) is 0 Å². The number of hydrogen-bond acceptors (Lipinski definition) is 3.